The van der Waals surface area contributed by atoms with Crippen LogP contribution in [0.25, 0.3) is 0 Å². The van der Waals surface area contributed by atoms with Gasteiger partial charge in [-0.2, -0.15) is 0 Å². The van der Waals surface area contributed by atoms with Crippen molar-refractivity contribution in [2.45, 2.75) is 43.5 Å². The lowest BCUT2D eigenvalue weighted by molar-refractivity contribution is -0.207. The first-order valence-electron chi connectivity index (χ1n) is 10.4. The van der Waals surface area contributed by atoms with Gasteiger partial charge >= 0.3 is 0 Å². The monoisotopic (exact) mass is 430 g/mol. The molecule has 0 spiro atoms. The second-order valence-corrected chi connectivity index (χ2v) is 7.43. The van der Waals surface area contributed by atoms with Gasteiger partial charge in [-0.15, -0.1) is 6.58 Å². The number of benzene rings is 2. The molecule has 2 rings (SSSR count). The highest BCUT2D eigenvalue weighted by atomic mass is 16.6. The van der Waals surface area contributed by atoms with E-state index in [2.05, 4.69) is 6.58 Å². The molecule has 0 aromatic heterocycles. The van der Waals surface area contributed by atoms with Gasteiger partial charge < -0.3 is 29.2 Å². The van der Waals surface area contributed by atoms with E-state index in [1.807, 2.05) is 60.7 Å². The lowest BCUT2D eigenvalue weighted by Gasteiger charge is -2.41. The molecular formula is C25H34O6. The fourth-order valence-electron chi connectivity index (χ4n) is 3.43. The second kappa shape index (κ2) is 13.4. The largest absolute Gasteiger partial charge is 0.387 e. The molecule has 2 N–H and O–H groups in total. The number of hydrogen-bond acceptors (Lipinski definition) is 6. The van der Waals surface area contributed by atoms with Crippen molar-refractivity contribution in [2.75, 3.05) is 27.4 Å². The van der Waals surface area contributed by atoms with Crippen molar-refractivity contribution in [3.05, 3.63) is 84.4 Å². The zero-order chi connectivity index (χ0) is 22.5. The summed E-state index contributed by atoms with van der Waals surface area (Å²) in [6, 6.07) is 19.4. The van der Waals surface area contributed by atoms with E-state index < -0.39 is 23.9 Å². The average molecular weight is 431 g/mol. The number of rotatable bonds is 15. The van der Waals surface area contributed by atoms with Crippen LogP contribution in [-0.2, 0) is 32.2 Å². The predicted octanol–water partition coefficient (Wildman–Crippen LogP) is 3.12. The van der Waals surface area contributed by atoms with Gasteiger partial charge in [0.25, 0.3) is 0 Å². The van der Waals surface area contributed by atoms with Gasteiger partial charge in [0, 0.05) is 14.2 Å². The molecule has 170 valence electrons. The molecule has 2 aromatic carbocycles. The van der Waals surface area contributed by atoms with Gasteiger partial charge in [-0.3, -0.25) is 0 Å². The quantitative estimate of drug-likeness (QED) is 0.423. The minimum Gasteiger partial charge on any atom is -0.387 e. The van der Waals surface area contributed by atoms with Crippen LogP contribution in [0.2, 0.25) is 0 Å². The molecule has 0 bridgehead atoms. The Morgan fingerprint density at radius 3 is 1.84 bits per heavy atom. The first-order chi connectivity index (χ1) is 15.0. The van der Waals surface area contributed by atoms with Crippen LogP contribution in [0.4, 0.5) is 0 Å². The maximum atomic E-state index is 11.4. The van der Waals surface area contributed by atoms with Crippen molar-refractivity contribution in [1.29, 1.82) is 0 Å². The molecule has 0 aliphatic heterocycles. The third-order valence-corrected chi connectivity index (χ3v) is 5.25. The van der Waals surface area contributed by atoms with E-state index in [-0.39, 0.29) is 19.6 Å². The van der Waals surface area contributed by atoms with E-state index in [9.17, 15) is 10.2 Å². The standard InChI is InChI=1S/C25H34O6/c1-4-15-25(27,23(29-3)19-31-17-21-13-9-6-10-14-21)24(26)22(28-2)18-30-16-20-11-7-5-8-12-20/h4-14,22-24,26-27H,1,15-19H2,2-3H3/t22-,23-,24-,25-/m1/s1. The Bertz CT molecular complexity index is 738. The number of hydrogen-bond donors (Lipinski definition) is 2. The molecule has 0 radical (unpaired) electrons. The molecule has 0 amide bonds. The molecule has 6 heteroatoms. The van der Waals surface area contributed by atoms with Crippen LogP contribution in [0.5, 0.6) is 0 Å². The Morgan fingerprint density at radius 1 is 0.871 bits per heavy atom. The third kappa shape index (κ3) is 7.54. The fraction of sp³-hybridized carbons (Fsp3) is 0.440. The predicted molar refractivity (Wildman–Crippen MR) is 120 cm³/mol. The summed E-state index contributed by atoms with van der Waals surface area (Å²) in [5.41, 5.74) is 0.357. The number of aliphatic hydroxyl groups is 2. The van der Waals surface area contributed by atoms with Crippen LogP contribution in [0.15, 0.2) is 73.3 Å². The molecule has 0 saturated carbocycles. The van der Waals surface area contributed by atoms with E-state index in [1.165, 1.54) is 14.2 Å². The normalized spacial score (nSPS) is 16.3. The van der Waals surface area contributed by atoms with E-state index in [0.717, 1.165) is 11.1 Å². The van der Waals surface area contributed by atoms with Gasteiger partial charge in [-0.25, -0.2) is 0 Å². The molecule has 6 nitrogen and oxygen atoms in total. The SMILES string of the molecule is C=CC[C@](O)([C@H](O)[C@@H](COCc1ccccc1)OC)[C@@H](COCc1ccccc1)OC. The highest BCUT2D eigenvalue weighted by Crippen LogP contribution is 2.27. The topological polar surface area (TPSA) is 77.4 Å². The summed E-state index contributed by atoms with van der Waals surface area (Å²) >= 11 is 0. The summed E-state index contributed by atoms with van der Waals surface area (Å²) in [7, 11) is 2.95. The summed E-state index contributed by atoms with van der Waals surface area (Å²) in [6.07, 6.45) is -1.20. The summed E-state index contributed by atoms with van der Waals surface area (Å²) in [5, 5.41) is 22.4. The van der Waals surface area contributed by atoms with Crippen molar-refractivity contribution in [3.63, 3.8) is 0 Å². The highest BCUT2D eigenvalue weighted by molar-refractivity contribution is 5.14. The van der Waals surface area contributed by atoms with Crippen molar-refractivity contribution in [1.82, 2.24) is 0 Å². The molecule has 4 atom stereocenters. The van der Waals surface area contributed by atoms with E-state index >= 15 is 0 Å². The first kappa shape index (κ1) is 25.2. The van der Waals surface area contributed by atoms with Crippen LogP contribution in [0, 0.1) is 0 Å². The minimum atomic E-state index is -1.66. The molecule has 0 heterocycles. The lowest BCUT2D eigenvalue weighted by Crippen LogP contribution is -2.59. The Hall–Kier alpha value is -2.06. The van der Waals surface area contributed by atoms with Crippen LogP contribution in [0.3, 0.4) is 0 Å². The van der Waals surface area contributed by atoms with E-state index in [0.29, 0.717) is 13.2 Å². The lowest BCUT2D eigenvalue weighted by atomic mass is 9.84. The third-order valence-electron chi connectivity index (χ3n) is 5.25. The van der Waals surface area contributed by atoms with Crippen molar-refractivity contribution in [2.24, 2.45) is 0 Å². The Kier molecular flexibility index (Phi) is 10.9. The smallest absolute Gasteiger partial charge is 0.125 e. The molecule has 2 aromatic rings. The zero-order valence-electron chi connectivity index (χ0n) is 18.4. The maximum Gasteiger partial charge on any atom is 0.125 e. The molecule has 0 fully saturated rings. The average Bonchev–Trinajstić information content (AvgIpc) is 2.80. The van der Waals surface area contributed by atoms with Crippen LogP contribution in [0.1, 0.15) is 17.5 Å². The van der Waals surface area contributed by atoms with E-state index in [4.69, 9.17) is 18.9 Å². The summed E-state index contributed by atoms with van der Waals surface area (Å²) in [5.74, 6) is 0. The second-order valence-electron chi connectivity index (χ2n) is 7.43. The fourth-order valence-corrected chi connectivity index (χ4v) is 3.43. The molecule has 0 aliphatic rings. The van der Waals surface area contributed by atoms with Crippen molar-refractivity contribution in [3.8, 4) is 0 Å². The molecule has 0 unspecified atom stereocenters. The summed E-state index contributed by atoms with van der Waals surface area (Å²) in [4.78, 5) is 0. The highest BCUT2D eigenvalue weighted by Gasteiger charge is 2.46. The Labute approximate surface area is 185 Å². The maximum absolute atomic E-state index is 11.4. The number of methoxy groups -OCH3 is 2. The van der Waals surface area contributed by atoms with Crippen LogP contribution >= 0.6 is 0 Å². The van der Waals surface area contributed by atoms with Gasteiger partial charge in [-0.05, 0) is 17.5 Å². The van der Waals surface area contributed by atoms with Crippen molar-refractivity contribution < 1.29 is 29.2 Å². The van der Waals surface area contributed by atoms with E-state index in [1.54, 1.807) is 6.08 Å². The first-order valence-corrected chi connectivity index (χ1v) is 10.4. The minimum absolute atomic E-state index is 0.0914. The Balaban J connectivity index is 2.00. The zero-order valence-corrected chi connectivity index (χ0v) is 18.4. The molecule has 0 aliphatic carbocycles. The van der Waals surface area contributed by atoms with Crippen LogP contribution < -0.4 is 0 Å². The Morgan fingerprint density at radius 2 is 1.39 bits per heavy atom. The van der Waals surface area contributed by atoms with Crippen LogP contribution in [-0.4, -0.2) is 61.6 Å². The van der Waals surface area contributed by atoms with Crippen molar-refractivity contribution >= 4 is 0 Å². The van der Waals surface area contributed by atoms with Gasteiger partial charge in [-0.1, -0.05) is 66.7 Å². The molecule has 0 saturated heterocycles. The molecular weight excluding hydrogens is 396 g/mol. The summed E-state index contributed by atoms with van der Waals surface area (Å²) < 4.78 is 22.5. The molecule has 31 heavy (non-hydrogen) atoms. The van der Waals surface area contributed by atoms with Gasteiger partial charge in [0.2, 0.25) is 0 Å². The van der Waals surface area contributed by atoms with Gasteiger partial charge in [0.1, 0.15) is 23.9 Å². The van der Waals surface area contributed by atoms with Gasteiger partial charge in [0.05, 0.1) is 26.4 Å². The number of aliphatic hydroxyl groups excluding tert-OH is 1. The van der Waals surface area contributed by atoms with Gasteiger partial charge in [0.15, 0.2) is 0 Å². The number of ether oxygens (including phenoxy) is 4. The summed E-state index contributed by atoms with van der Waals surface area (Å²) in [6.45, 7) is 4.66.